The fourth-order valence-corrected chi connectivity index (χ4v) is 2.47. The molecule has 0 radical (unpaired) electrons. The van der Waals surface area contributed by atoms with Crippen molar-refractivity contribution in [3.63, 3.8) is 0 Å². The molecule has 2 rings (SSSR count). The van der Waals surface area contributed by atoms with Crippen molar-refractivity contribution in [1.82, 2.24) is 15.1 Å². The highest BCUT2D eigenvalue weighted by Crippen LogP contribution is 2.14. The number of nitrogens with one attached hydrogen (secondary N) is 1. The maximum atomic E-state index is 13.7. The molecule has 2 amide bonds. The Balaban J connectivity index is 1.86. The summed E-state index contributed by atoms with van der Waals surface area (Å²) in [5.41, 5.74) is -0.125. The van der Waals surface area contributed by atoms with E-state index in [1.165, 1.54) is 4.90 Å². The zero-order valence-corrected chi connectivity index (χ0v) is 13.1. The lowest BCUT2D eigenvalue weighted by Gasteiger charge is -2.34. The minimum absolute atomic E-state index is 0.0313. The van der Waals surface area contributed by atoms with Crippen molar-refractivity contribution in [3.8, 4) is 0 Å². The topological polar surface area (TPSA) is 52.7 Å². The number of piperazine rings is 1. The molecule has 0 saturated carbocycles. The number of nitrogens with zero attached hydrogens (tertiary/aromatic N) is 2. The maximum absolute atomic E-state index is 13.7. The molecule has 1 N–H and O–H groups in total. The molecular formula is C16H21F2N3O2. The summed E-state index contributed by atoms with van der Waals surface area (Å²) in [6.45, 7) is 4.86. The summed E-state index contributed by atoms with van der Waals surface area (Å²) in [6, 6.07) is 2.95. The molecule has 126 valence electrons. The average molecular weight is 325 g/mol. The summed E-state index contributed by atoms with van der Waals surface area (Å²) in [4.78, 5) is 27.4. The van der Waals surface area contributed by atoms with E-state index in [1.54, 1.807) is 0 Å². The van der Waals surface area contributed by atoms with Gasteiger partial charge in [0.15, 0.2) is 0 Å². The number of carbonyl (C=O) groups is 2. The van der Waals surface area contributed by atoms with E-state index in [4.69, 9.17) is 0 Å². The van der Waals surface area contributed by atoms with Crippen molar-refractivity contribution in [3.05, 3.63) is 35.4 Å². The van der Waals surface area contributed by atoms with Gasteiger partial charge in [0.05, 0.1) is 12.1 Å². The number of halogens is 2. The molecule has 1 heterocycles. The first-order chi connectivity index (χ1) is 11.0. The predicted octanol–water partition coefficient (Wildman–Crippen LogP) is 1.25. The Kier molecular flexibility index (Phi) is 6.04. The molecule has 1 aliphatic heterocycles. The summed E-state index contributed by atoms with van der Waals surface area (Å²) < 4.78 is 26.6. The minimum Gasteiger partial charge on any atom is -0.355 e. The molecule has 23 heavy (non-hydrogen) atoms. The molecule has 1 aromatic carbocycles. The number of benzene rings is 1. The molecule has 1 saturated heterocycles. The van der Waals surface area contributed by atoms with Crippen LogP contribution in [0.1, 0.15) is 23.7 Å². The Bertz CT molecular complexity index is 572. The lowest BCUT2D eigenvalue weighted by molar-refractivity contribution is -0.122. The van der Waals surface area contributed by atoms with Crippen LogP contribution in [0.4, 0.5) is 8.78 Å². The second kappa shape index (κ2) is 8.01. The van der Waals surface area contributed by atoms with E-state index >= 15 is 0 Å². The van der Waals surface area contributed by atoms with E-state index in [1.807, 2.05) is 11.8 Å². The van der Waals surface area contributed by atoms with E-state index in [0.29, 0.717) is 45.3 Å². The first-order valence-corrected chi connectivity index (χ1v) is 7.74. The summed E-state index contributed by atoms with van der Waals surface area (Å²) in [7, 11) is 0. The van der Waals surface area contributed by atoms with Gasteiger partial charge in [0.25, 0.3) is 5.91 Å². The van der Waals surface area contributed by atoms with E-state index < -0.39 is 17.5 Å². The molecular weight excluding hydrogens is 304 g/mol. The van der Waals surface area contributed by atoms with Crippen LogP contribution in [0, 0.1) is 11.6 Å². The Morgan fingerprint density at radius 1 is 1.17 bits per heavy atom. The van der Waals surface area contributed by atoms with Crippen LogP contribution in [0.15, 0.2) is 18.2 Å². The van der Waals surface area contributed by atoms with Crippen LogP contribution < -0.4 is 5.32 Å². The molecule has 1 aromatic rings. The first-order valence-electron chi connectivity index (χ1n) is 7.74. The third-order valence-electron chi connectivity index (χ3n) is 3.76. The van der Waals surface area contributed by atoms with Gasteiger partial charge in [0.1, 0.15) is 11.6 Å². The van der Waals surface area contributed by atoms with Gasteiger partial charge in [-0.15, -0.1) is 0 Å². The van der Waals surface area contributed by atoms with Crippen LogP contribution in [-0.4, -0.2) is 60.9 Å². The molecule has 0 atom stereocenters. The number of carbonyl (C=O) groups excluding carboxylic acids is 2. The van der Waals surface area contributed by atoms with Crippen LogP contribution in [0.5, 0.6) is 0 Å². The van der Waals surface area contributed by atoms with Gasteiger partial charge in [0.2, 0.25) is 5.91 Å². The fraction of sp³-hybridized carbons (Fsp3) is 0.500. The lowest BCUT2D eigenvalue weighted by atomic mass is 10.1. The highest BCUT2D eigenvalue weighted by Gasteiger charge is 2.25. The third-order valence-corrected chi connectivity index (χ3v) is 3.76. The fourth-order valence-electron chi connectivity index (χ4n) is 2.47. The van der Waals surface area contributed by atoms with E-state index in [9.17, 15) is 18.4 Å². The van der Waals surface area contributed by atoms with Gasteiger partial charge in [0, 0.05) is 38.8 Å². The van der Waals surface area contributed by atoms with E-state index in [0.717, 1.165) is 18.6 Å². The smallest absolute Gasteiger partial charge is 0.256 e. The highest BCUT2D eigenvalue weighted by atomic mass is 19.1. The van der Waals surface area contributed by atoms with Crippen molar-refractivity contribution in [2.24, 2.45) is 0 Å². The Labute approximate surface area is 134 Å². The molecule has 5 nitrogen and oxygen atoms in total. The number of hydrogen-bond acceptors (Lipinski definition) is 3. The Morgan fingerprint density at radius 2 is 1.87 bits per heavy atom. The second-order valence-corrected chi connectivity index (χ2v) is 5.54. The van der Waals surface area contributed by atoms with Gasteiger partial charge < -0.3 is 10.2 Å². The summed E-state index contributed by atoms with van der Waals surface area (Å²) in [6.07, 6.45) is 0.886. The molecule has 0 spiro atoms. The lowest BCUT2D eigenvalue weighted by Crippen LogP contribution is -2.51. The van der Waals surface area contributed by atoms with Crippen LogP contribution >= 0.6 is 0 Å². The third kappa shape index (κ3) is 4.72. The van der Waals surface area contributed by atoms with Crippen molar-refractivity contribution in [2.45, 2.75) is 13.3 Å². The van der Waals surface area contributed by atoms with Crippen LogP contribution in [0.25, 0.3) is 0 Å². The van der Waals surface area contributed by atoms with Gasteiger partial charge in [-0.2, -0.15) is 0 Å². The summed E-state index contributed by atoms with van der Waals surface area (Å²) >= 11 is 0. The van der Waals surface area contributed by atoms with Crippen molar-refractivity contribution >= 4 is 11.8 Å². The Hall–Kier alpha value is -2.02. The van der Waals surface area contributed by atoms with Crippen LogP contribution in [0.2, 0.25) is 0 Å². The van der Waals surface area contributed by atoms with Gasteiger partial charge in [-0.25, -0.2) is 8.78 Å². The molecule has 0 aromatic heterocycles. The Morgan fingerprint density at radius 3 is 2.48 bits per heavy atom. The standard InChI is InChI=1S/C16H21F2N3O2/c1-2-5-19-15(22)11-20-6-8-21(9-7-20)16(23)13-4-3-12(17)10-14(13)18/h3-4,10H,2,5-9,11H2,1H3,(H,19,22). The summed E-state index contributed by atoms with van der Waals surface area (Å²) in [5, 5.41) is 2.81. The van der Waals surface area contributed by atoms with Crippen molar-refractivity contribution in [1.29, 1.82) is 0 Å². The number of rotatable bonds is 5. The second-order valence-electron chi connectivity index (χ2n) is 5.54. The average Bonchev–Trinajstić information content (AvgIpc) is 2.53. The van der Waals surface area contributed by atoms with Crippen molar-refractivity contribution < 1.29 is 18.4 Å². The molecule has 0 unspecified atom stereocenters. The van der Waals surface area contributed by atoms with Gasteiger partial charge in [-0.3, -0.25) is 14.5 Å². The molecule has 1 aliphatic rings. The van der Waals surface area contributed by atoms with Crippen LogP contribution in [-0.2, 0) is 4.79 Å². The van der Waals surface area contributed by atoms with Crippen molar-refractivity contribution in [2.75, 3.05) is 39.3 Å². The van der Waals surface area contributed by atoms with E-state index in [2.05, 4.69) is 5.32 Å². The highest BCUT2D eigenvalue weighted by molar-refractivity contribution is 5.94. The zero-order chi connectivity index (χ0) is 16.8. The normalized spacial score (nSPS) is 15.5. The monoisotopic (exact) mass is 325 g/mol. The van der Waals surface area contributed by atoms with Gasteiger partial charge in [-0.1, -0.05) is 6.92 Å². The van der Waals surface area contributed by atoms with Gasteiger partial charge in [-0.05, 0) is 18.6 Å². The number of amides is 2. The molecule has 0 bridgehead atoms. The molecule has 1 fully saturated rings. The quantitative estimate of drug-likeness (QED) is 0.886. The maximum Gasteiger partial charge on any atom is 0.256 e. The minimum atomic E-state index is -0.851. The van der Waals surface area contributed by atoms with E-state index in [-0.39, 0.29) is 11.5 Å². The largest absolute Gasteiger partial charge is 0.355 e. The SMILES string of the molecule is CCCNC(=O)CN1CCN(C(=O)c2ccc(F)cc2F)CC1. The predicted molar refractivity (Wildman–Crippen MR) is 82.0 cm³/mol. The van der Waals surface area contributed by atoms with Crippen LogP contribution in [0.3, 0.4) is 0 Å². The first kappa shape index (κ1) is 17.3. The molecule has 0 aliphatic carbocycles. The number of hydrogen-bond donors (Lipinski definition) is 1. The summed E-state index contributed by atoms with van der Waals surface area (Å²) in [5.74, 6) is -2.04. The van der Waals surface area contributed by atoms with Gasteiger partial charge >= 0.3 is 0 Å². The molecule has 7 heteroatoms. The zero-order valence-electron chi connectivity index (χ0n) is 13.1.